The van der Waals surface area contributed by atoms with Crippen LogP contribution in [0.4, 0.5) is 11.6 Å². The number of nitrogens with zero attached hydrogens (tertiary/aromatic N) is 2. The number of nitrogens with one attached hydrogen (secondary N) is 1. The monoisotopic (exact) mass is 245 g/mol. The molecule has 0 aliphatic carbocycles. The van der Waals surface area contributed by atoms with E-state index in [2.05, 4.69) is 33.9 Å². The van der Waals surface area contributed by atoms with Gasteiger partial charge in [0.05, 0.1) is 12.3 Å². The number of aryl methyl sites for hydroxylation is 2. The van der Waals surface area contributed by atoms with E-state index in [-0.39, 0.29) is 0 Å². The lowest BCUT2D eigenvalue weighted by Crippen LogP contribution is -2.07. The Hall–Kier alpha value is -1.81. The second-order valence-electron chi connectivity index (χ2n) is 4.39. The average Bonchev–Trinajstić information content (AvgIpc) is 2.67. The molecule has 0 spiro atoms. The minimum atomic E-state index is 0.679. The average molecular weight is 245 g/mol. The van der Waals surface area contributed by atoms with Crippen LogP contribution in [-0.4, -0.2) is 23.3 Å². The minimum absolute atomic E-state index is 0.679. The Balaban J connectivity index is 2.17. The van der Waals surface area contributed by atoms with Crippen LogP contribution in [0.2, 0.25) is 0 Å². The van der Waals surface area contributed by atoms with E-state index < -0.39 is 0 Å². The molecule has 2 rings (SSSR count). The molecule has 1 heterocycles. The van der Waals surface area contributed by atoms with Crippen molar-refractivity contribution in [1.29, 1.82) is 0 Å². The van der Waals surface area contributed by atoms with Crippen molar-refractivity contribution in [2.75, 3.05) is 19.0 Å². The Bertz CT molecular complexity index is 520. The third kappa shape index (κ3) is 3.11. The normalized spacial score (nSPS) is 10.6. The van der Waals surface area contributed by atoms with Crippen LogP contribution in [0.1, 0.15) is 11.3 Å². The van der Waals surface area contributed by atoms with E-state index in [0.29, 0.717) is 6.61 Å². The highest BCUT2D eigenvalue weighted by atomic mass is 16.5. The van der Waals surface area contributed by atoms with E-state index in [9.17, 15) is 0 Å². The maximum atomic E-state index is 5.10. The van der Waals surface area contributed by atoms with Gasteiger partial charge in [0.25, 0.3) is 0 Å². The van der Waals surface area contributed by atoms with Crippen molar-refractivity contribution in [3.63, 3.8) is 0 Å². The summed E-state index contributed by atoms with van der Waals surface area (Å²) in [5.41, 5.74) is 3.28. The van der Waals surface area contributed by atoms with Crippen LogP contribution in [0.3, 0.4) is 0 Å². The van der Waals surface area contributed by atoms with Gasteiger partial charge in [-0.05, 0) is 31.5 Å². The molecular formula is C14H19N3O. The molecule has 96 valence electrons. The third-order valence-electron chi connectivity index (χ3n) is 2.71. The first-order valence-electron chi connectivity index (χ1n) is 6.05. The highest BCUT2D eigenvalue weighted by molar-refractivity contribution is 5.54. The van der Waals surface area contributed by atoms with E-state index in [1.807, 2.05) is 25.3 Å². The molecule has 0 radical (unpaired) electrons. The zero-order chi connectivity index (χ0) is 13.0. The van der Waals surface area contributed by atoms with Crippen molar-refractivity contribution >= 4 is 11.6 Å². The fraction of sp³-hybridized carbons (Fsp3) is 0.357. The lowest BCUT2D eigenvalue weighted by atomic mass is 10.2. The first kappa shape index (κ1) is 12.6. The van der Waals surface area contributed by atoms with Crippen LogP contribution in [-0.2, 0) is 11.3 Å². The van der Waals surface area contributed by atoms with Crippen LogP contribution < -0.4 is 5.32 Å². The Labute approximate surface area is 108 Å². The second kappa shape index (κ2) is 5.69. The van der Waals surface area contributed by atoms with Gasteiger partial charge in [0.15, 0.2) is 0 Å². The predicted molar refractivity (Wildman–Crippen MR) is 73.3 cm³/mol. The zero-order valence-corrected chi connectivity index (χ0v) is 11.1. The zero-order valence-electron chi connectivity index (χ0n) is 11.1. The topological polar surface area (TPSA) is 39.1 Å². The van der Waals surface area contributed by atoms with Crippen molar-refractivity contribution in [2.24, 2.45) is 0 Å². The van der Waals surface area contributed by atoms with Gasteiger partial charge in [-0.15, -0.1) is 0 Å². The van der Waals surface area contributed by atoms with Gasteiger partial charge in [0, 0.05) is 25.5 Å². The van der Waals surface area contributed by atoms with Crippen LogP contribution in [0.5, 0.6) is 0 Å². The summed E-state index contributed by atoms with van der Waals surface area (Å²) in [5, 5.41) is 3.34. The number of methoxy groups -OCH3 is 1. The summed E-state index contributed by atoms with van der Waals surface area (Å²) in [5.74, 6) is 0.857. The second-order valence-corrected chi connectivity index (χ2v) is 4.39. The summed E-state index contributed by atoms with van der Waals surface area (Å²) in [6, 6.07) is 8.25. The van der Waals surface area contributed by atoms with Crippen molar-refractivity contribution in [3.8, 4) is 0 Å². The van der Waals surface area contributed by atoms with E-state index in [1.165, 1.54) is 5.56 Å². The molecule has 18 heavy (non-hydrogen) atoms. The highest BCUT2D eigenvalue weighted by Gasteiger charge is 2.05. The van der Waals surface area contributed by atoms with Gasteiger partial charge >= 0.3 is 0 Å². The Morgan fingerprint density at radius 1 is 1.33 bits per heavy atom. The number of rotatable bonds is 5. The third-order valence-corrected chi connectivity index (χ3v) is 2.71. The molecule has 0 fully saturated rings. The number of ether oxygens (including phenoxy) is 1. The largest absolute Gasteiger partial charge is 0.383 e. The van der Waals surface area contributed by atoms with Crippen LogP contribution in [0.25, 0.3) is 0 Å². The maximum absolute atomic E-state index is 5.10. The molecule has 2 aromatic rings. The summed E-state index contributed by atoms with van der Waals surface area (Å²) < 4.78 is 7.17. The molecule has 0 atom stereocenters. The number of benzene rings is 1. The number of hydrogen-bond donors (Lipinski definition) is 1. The van der Waals surface area contributed by atoms with Crippen molar-refractivity contribution in [3.05, 3.63) is 41.7 Å². The van der Waals surface area contributed by atoms with Crippen molar-refractivity contribution in [2.45, 2.75) is 20.4 Å². The fourth-order valence-corrected chi connectivity index (χ4v) is 1.86. The quantitative estimate of drug-likeness (QED) is 0.880. The first-order valence-corrected chi connectivity index (χ1v) is 6.05. The fourth-order valence-electron chi connectivity index (χ4n) is 1.86. The number of anilines is 2. The molecule has 0 saturated carbocycles. The molecule has 0 amide bonds. The van der Waals surface area contributed by atoms with Gasteiger partial charge in [0.1, 0.15) is 0 Å². The molecule has 0 saturated heterocycles. The predicted octanol–water partition coefficient (Wildman–Crippen LogP) is 2.89. The molecule has 4 heteroatoms. The van der Waals surface area contributed by atoms with Crippen LogP contribution >= 0.6 is 0 Å². The van der Waals surface area contributed by atoms with E-state index in [4.69, 9.17) is 4.74 Å². The van der Waals surface area contributed by atoms with Gasteiger partial charge in [-0.1, -0.05) is 12.1 Å². The van der Waals surface area contributed by atoms with E-state index in [1.54, 1.807) is 7.11 Å². The summed E-state index contributed by atoms with van der Waals surface area (Å²) in [6.07, 6.45) is 2.02. The number of aromatic nitrogens is 2. The van der Waals surface area contributed by atoms with Crippen LogP contribution in [0, 0.1) is 13.8 Å². The van der Waals surface area contributed by atoms with E-state index in [0.717, 1.165) is 23.9 Å². The first-order chi connectivity index (χ1) is 8.69. The highest BCUT2D eigenvalue weighted by Crippen LogP contribution is 2.17. The number of hydrogen-bond acceptors (Lipinski definition) is 3. The lowest BCUT2D eigenvalue weighted by Gasteiger charge is -2.09. The van der Waals surface area contributed by atoms with Gasteiger partial charge in [-0.2, -0.15) is 0 Å². The molecule has 4 nitrogen and oxygen atoms in total. The van der Waals surface area contributed by atoms with E-state index >= 15 is 0 Å². The Morgan fingerprint density at radius 2 is 2.17 bits per heavy atom. The molecule has 0 aliphatic rings. The number of imidazole rings is 1. The van der Waals surface area contributed by atoms with Gasteiger partial charge in [-0.25, -0.2) is 4.98 Å². The summed E-state index contributed by atoms with van der Waals surface area (Å²) in [4.78, 5) is 4.48. The molecule has 0 aliphatic heterocycles. The Kier molecular flexibility index (Phi) is 3.99. The van der Waals surface area contributed by atoms with Crippen molar-refractivity contribution in [1.82, 2.24) is 9.55 Å². The standard InChI is InChI=1S/C14H19N3O/c1-11-5-4-6-13(9-11)16-14-15-12(2)10-17(14)7-8-18-3/h4-6,9-10H,7-8H2,1-3H3,(H,15,16). The summed E-state index contributed by atoms with van der Waals surface area (Å²) in [7, 11) is 1.71. The summed E-state index contributed by atoms with van der Waals surface area (Å²) in [6.45, 7) is 5.54. The lowest BCUT2D eigenvalue weighted by molar-refractivity contribution is 0.188. The Morgan fingerprint density at radius 3 is 2.89 bits per heavy atom. The molecule has 1 aromatic heterocycles. The van der Waals surface area contributed by atoms with Crippen molar-refractivity contribution < 1.29 is 4.74 Å². The maximum Gasteiger partial charge on any atom is 0.207 e. The summed E-state index contributed by atoms with van der Waals surface area (Å²) >= 11 is 0. The van der Waals surface area contributed by atoms with Gasteiger partial charge in [-0.3, -0.25) is 0 Å². The molecule has 1 N–H and O–H groups in total. The van der Waals surface area contributed by atoms with Crippen LogP contribution in [0.15, 0.2) is 30.5 Å². The minimum Gasteiger partial charge on any atom is -0.383 e. The molecule has 0 unspecified atom stereocenters. The smallest absolute Gasteiger partial charge is 0.207 e. The van der Waals surface area contributed by atoms with Gasteiger partial charge < -0.3 is 14.6 Å². The molecule has 0 bridgehead atoms. The molecular weight excluding hydrogens is 226 g/mol. The van der Waals surface area contributed by atoms with Gasteiger partial charge in [0.2, 0.25) is 5.95 Å². The molecule has 1 aromatic carbocycles. The SMILES string of the molecule is COCCn1cc(C)nc1Nc1cccc(C)c1.